The van der Waals surface area contributed by atoms with Crippen LogP contribution in [0.1, 0.15) is 6.42 Å². The molecule has 0 saturated carbocycles. The Kier molecular flexibility index (Phi) is 3.16. The van der Waals surface area contributed by atoms with Crippen molar-refractivity contribution in [1.82, 2.24) is 14.8 Å². The number of nitrogen functional groups attached to an aromatic ring is 1. The van der Waals surface area contributed by atoms with Crippen molar-refractivity contribution in [2.24, 2.45) is 0 Å². The van der Waals surface area contributed by atoms with Gasteiger partial charge >= 0.3 is 0 Å². The zero-order valence-corrected chi connectivity index (χ0v) is 8.87. The van der Waals surface area contributed by atoms with Crippen LogP contribution in [0.5, 0.6) is 0 Å². The van der Waals surface area contributed by atoms with Gasteiger partial charge in [0.15, 0.2) is 5.82 Å². The lowest BCUT2D eigenvalue weighted by molar-refractivity contribution is 0.277. The molecule has 5 nitrogen and oxygen atoms in total. The first-order chi connectivity index (χ1) is 7.79. The van der Waals surface area contributed by atoms with Crippen LogP contribution in [0.15, 0.2) is 30.6 Å². The summed E-state index contributed by atoms with van der Waals surface area (Å²) in [4.78, 5) is 4.20. The van der Waals surface area contributed by atoms with Crippen molar-refractivity contribution in [3.63, 3.8) is 0 Å². The monoisotopic (exact) mass is 218 g/mol. The molecule has 0 saturated heterocycles. The molecule has 0 atom stereocenters. The summed E-state index contributed by atoms with van der Waals surface area (Å²) in [5.74, 6) is 0.679. The Morgan fingerprint density at radius 1 is 1.25 bits per heavy atom. The largest absolute Gasteiger partial charge is 0.399 e. The number of anilines is 1. The van der Waals surface area contributed by atoms with E-state index < -0.39 is 0 Å². The second kappa shape index (κ2) is 4.76. The third-order valence-corrected chi connectivity index (χ3v) is 2.25. The van der Waals surface area contributed by atoms with Crippen molar-refractivity contribution in [3.8, 4) is 11.4 Å². The molecule has 2 aromatic rings. The normalized spacial score (nSPS) is 10.6. The van der Waals surface area contributed by atoms with Gasteiger partial charge in [0.2, 0.25) is 0 Å². The first kappa shape index (κ1) is 10.6. The highest BCUT2D eigenvalue weighted by molar-refractivity contribution is 5.57. The maximum atomic E-state index is 8.71. The lowest BCUT2D eigenvalue weighted by Gasteiger charge is -1.97. The van der Waals surface area contributed by atoms with Crippen LogP contribution in [0.2, 0.25) is 0 Å². The molecule has 16 heavy (non-hydrogen) atoms. The molecule has 0 amide bonds. The Bertz CT molecular complexity index is 449. The van der Waals surface area contributed by atoms with Gasteiger partial charge in [-0.05, 0) is 30.7 Å². The fraction of sp³-hybridized carbons (Fsp3) is 0.273. The molecule has 0 aliphatic carbocycles. The summed E-state index contributed by atoms with van der Waals surface area (Å²) in [6, 6.07) is 7.43. The molecule has 0 spiro atoms. The summed E-state index contributed by atoms with van der Waals surface area (Å²) in [7, 11) is 0. The number of nitrogens with two attached hydrogens (primary N) is 1. The third-order valence-electron chi connectivity index (χ3n) is 2.25. The number of nitrogens with zero attached hydrogens (tertiary/aromatic N) is 3. The van der Waals surface area contributed by atoms with Crippen LogP contribution in [-0.2, 0) is 6.54 Å². The molecule has 0 aliphatic heterocycles. The predicted molar refractivity (Wildman–Crippen MR) is 61.6 cm³/mol. The average Bonchev–Trinajstić information content (AvgIpc) is 2.76. The quantitative estimate of drug-likeness (QED) is 0.748. The zero-order chi connectivity index (χ0) is 11.4. The van der Waals surface area contributed by atoms with E-state index >= 15 is 0 Å². The lowest BCUT2D eigenvalue weighted by atomic mass is 10.2. The number of aliphatic hydroxyl groups excluding tert-OH is 1. The SMILES string of the molecule is Nc1ccc(-c2ncn(CCCO)n2)cc1. The van der Waals surface area contributed by atoms with Gasteiger partial charge in [0.1, 0.15) is 6.33 Å². The number of aryl methyl sites for hydroxylation is 1. The topological polar surface area (TPSA) is 77.0 Å². The molecule has 5 heteroatoms. The Morgan fingerprint density at radius 2 is 2.00 bits per heavy atom. The summed E-state index contributed by atoms with van der Waals surface area (Å²) >= 11 is 0. The van der Waals surface area contributed by atoms with E-state index in [-0.39, 0.29) is 6.61 Å². The number of aliphatic hydroxyl groups is 1. The van der Waals surface area contributed by atoms with Gasteiger partial charge in [0.25, 0.3) is 0 Å². The average molecular weight is 218 g/mol. The van der Waals surface area contributed by atoms with E-state index in [1.807, 2.05) is 24.3 Å². The van der Waals surface area contributed by atoms with Gasteiger partial charge in [-0.3, -0.25) is 4.68 Å². The molecular weight excluding hydrogens is 204 g/mol. The minimum Gasteiger partial charge on any atom is -0.399 e. The molecule has 1 aromatic heterocycles. The van der Waals surface area contributed by atoms with E-state index in [4.69, 9.17) is 10.8 Å². The minimum atomic E-state index is 0.164. The lowest BCUT2D eigenvalue weighted by Crippen LogP contribution is -2.00. The molecule has 0 radical (unpaired) electrons. The summed E-state index contributed by atoms with van der Waals surface area (Å²) in [5, 5.41) is 13.0. The molecule has 0 bridgehead atoms. The van der Waals surface area contributed by atoms with Crippen LogP contribution < -0.4 is 5.73 Å². The molecule has 2 rings (SSSR count). The summed E-state index contributed by atoms with van der Waals surface area (Å²) in [6.07, 6.45) is 2.35. The van der Waals surface area contributed by atoms with E-state index in [1.165, 1.54) is 0 Å². The second-order valence-electron chi connectivity index (χ2n) is 3.53. The molecule has 1 heterocycles. The maximum absolute atomic E-state index is 8.71. The maximum Gasteiger partial charge on any atom is 0.181 e. The highest BCUT2D eigenvalue weighted by atomic mass is 16.3. The minimum absolute atomic E-state index is 0.164. The molecule has 0 fully saturated rings. The van der Waals surface area contributed by atoms with Crippen LogP contribution in [0.3, 0.4) is 0 Å². The van der Waals surface area contributed by atoms with Crippen LogP contribution in [-0.4, -0.2) is 26.5 Å². The smallest absolute Gasteiger partial charge is 0.181 e. The number of aromatic nitrogens is 3. The molecule has 3 N–H and O–H groups in total. The van der Waals surface area contributed by atoms with Crippen LogP contribution >= 0.6 is 0 Å². The molecule has 1 aromatic carbocycles. The van der Waals surface area contributed by atoms with Gasteiger partial charge in [-0.15, -0.1) is 0 Å². The van der Waals surface area contributed by atoms with Crippen LogP contribution in [0.25, 0.3) is 11.4 Å². The Labute approximate surface area is 93.5 Å². The van der Waals surface area contributed by atoms with Gasteiger partial charge in [-0.2, -0.15) is 5.10 Å². The fourth-order valence-corrected chi connectivity index (χ4v) is 1.40. The number of rotatable bonds is 4. The molecule has 84 valence electrons. The molecule has 0 unspecified atom stereocenters. The summed E-state index contributed by atoms with van der Waals surface area (Å²) < 4.78 is 1.72. The van der Waals surface area contributed by atoms with E-state index in [0.717, 1.165) is 11.3 Å². The van der Waals surface area contributed by atoms with Gasteiger partial charge in [-0.25, -0.2) is 4.98 Å². The number of benzene rings is 1. The predicted octanol–water partition coefficient (Wildman–Crippen LogP) is 0.910. The highest BCUT2D eigenvalue weighted by Gasteiger charge is 2.03. The standard InChI is InChI=1S/C11H14N4O/c12-10-4-2-9(3-5-10)11-13-8-15(14-11)6-1-7-16/h2-5,8,16H,1,6-7,12H2. The first-order valence-electron chi connectivity index (χ1n) is 5.16. The van der Waals surface area contributed by atoms with Crippen molar-refractivity contribution >= 4 is 5.69 Å². The Hall–Kier alpha value is -1.88. The highest BCUT2D eigenvalue weighted by Crippen LogP contribution is 2.15. The van der Waals surface area contributed by atoms with Crippen molar-refractivity contribution in [3.05, 3.63) is 30.6 Å². The van der Waals surface area contributed by atoms with E-state index in [9.17, 15) is 0 Å². The molecular formula is C11H14N4O. The van der Waals surface area contributed by atoms with E-state index in [0.29, 0.717) is 18.8 Å². The van der Waals surface area contributed by atoms with Crippen molar-refractivity contribution < 1.29 is 5.11 Å². The van der Waals surface area contributed by atoms with Crippen molar-refractivity contribution in [2.45, 2.75) is 13.0 Å². The van der Waals surface area contributed by atoms with E-state index in [1.54, 1.807) is 11.0 Å². The molecule has 0 aliphatic rings. The third kappa shape index (κ3) is 2.38. The Balaban J connectivity index is 2.15. The van der Waals surface area contributed by atoms with Gasteiger partial charge in [0.05, 0.1) is 0 Å². The first-order valence-corrected chi connectivity index (χ1v) is 5.16. The fourth-order valence-electron chi connectivity index (χ4n) is 1.40. The van der Waals surface area contributed by atoms with Gasteiger partial charge in [-0.1, -0.05) is 0 Å². The van der Waals surface area contributed by atoms with Crippen molar-refractivity contribution in [2.75, 3.05) is 12.3 Å². The number of hydrogen-bond donors (Lipinski definition) is 2. The Morgan fingerprint density at radius 3 is 2.69 bits per heavy atom. The number of hydrogen-bond acceptors (Lipinski definition) is 4. The zero-order valence-electron chi connectivity index (χ0n) is 8.87. The van der Waals surface area contributed by atoms with Gasteiger partial charge < -0.3 is 10.8 Å². The summed E-state index contributed by atoms with van der Waals surface area (Å²) in [5.41, 5.74) is 7.27. The summed E-state index contributed by atoms with van der Waals surface area (Å²) in [6.45, 7) is 0.843. The van der Waals surface area contributed by atoms with Crippen molar-refractivity contribution in [1.29, 1.82) is 0 Å². The van der Waals surface area contributed by atoms with E-state index in [2.05, 4.69) is 10.1 Å². The second-order valence-corrected chi connectivity index (χ2v) is 3.53. The van der Waals surface area contributed by atoms with Crippen LogP contribution in [0, 0.1) is 0 Å². The van der Waals surface area contributed by atoms with Crippen LogP contribution in [0.4, 0.5) is 5.69 Å². The van der Waals surface area contributed by atoms with Gasteiger partial charge in [0, 0.05) is 24.4 Å².